The summed E-state index contributed by atoms with van der Waals surface area (Å²) in [5, 5.41) is 11.4. The number of pyridine rings is 1. The molecule has 0 aliphatic heterocycles. The minimum absolute atomic E-state index is 0.614. The van der Waals surface area contributed by atoms with E-state index in [2.05, 4.69) is 4.98 Å². The lowest BCUT2D eigenvalue weighted by molar-refractivity contribution is 0.196. The van der Waals surface area contributed by atoms with Gasteiger partial charge in [0.05, 0.1) is 26.0 Å². The van der Waals surface area contributed by atoms with E-state index in [1.807, 2.05) is 18.2 Å². The van der Waals surface area contributed by atoms with Crippen molar-refractivity contribution in [2.24, 2.45) is 0 Å². The first-order valence-electron chi connectivity index (χ1n) is 5.36. The fraction of sp³-hybridized carbons (Fsp3) is 0.308. The Kier molecular flexibility index (Phi) is 3.15. The van der Waals surface area contributed by atoms with Crippen LogP contribution < -0.4 is 9.47 Å². The molecule has 2 rings (SSSR count). The van der Waals surface area contributed by atoms with Crippen LogP contribution in [0.5, 0.6) is 11.5 Å². The number of aliphatic hydroxyl groups excluding tert-OH is 1. The lowest BCUT2D eigenvalue weighted by Crippen LogP contribution is -1.98. The van der Waals surface area contributed by atoms with Gasteiger partial charge in [-0.15, -0.1) is 0 Å². The summed E-state index contributed by atoms with van der Waals surface area (Å²) in [7, 11) is 3.19. The van der Waals surface area contributed by atoms with E-state index in [0.29, 0.717) is 17.2 Å². The summed E-state index contributed by atoms with van der Waals surface area (Å²) >= 11 is 0. The van der Waals surface area contributed by atoms with Crippen molar-refractivity contribution in [3.63, 3.8) is 0 Å². The quantitative estimate of drug-likeness (QED) is 0.883. The van der Waals surface area contributed by atoms with Crippen LogP contribution in [0, 0.1) is 0 Å². The minimum atomic E-state index is -0.614. The third-order valence-corrected chi connectivity index (χ3v) is 2.71. The van der Waals surface area contributed by atoms with Gasteiger partial charge in [0.15, 0.2) is 11.5 Å². The van der Waals surface area contributed by atoms with E-state index in [1.165, 1.54) is 0 Å². The van der Waals surface area contributed by atoms with Crippen molar-refractivity contribution in [3.05, 3.63) is 30.1 Å². The molecule has 0 bridgehead atoms. The zero-order chi connectivity index (χ0) is 12.4. The van der Waals surface area contributed by atoms with Gasteiger partial charge in [-0.1, -0.05) is 0 Å². The Morgan fingerprint density at radius 1 is 1.12 bits per heavy atom. The Labute approximate surface area is 99.8 Å². The number of benzene rings is 1. The first kappa shape index (κ1) is 11.7. The third kappa shape index (κ3) is 1.91. The zero-order valence-electron chi connectivity index (χ0n) is 10.1. The average molecular weight is 233 g/mol. The van der Waals surface area contributed by atoms with Crippen molar-refractivity contribution in [1.82, 2.24) is 4.98 Å². The molecule has 17 heavy (non-hydrogen) atoms. The largest absolute Gasteiger partial charge is 0.493 e. The number of aromatic nitrogens is 1. The van der Waals surface area contributed by atoms with Crippen molar-refractivity contribution >= 4 is 10.8 Å². The molecule has 0 radical (unpaired) electrons. The van der Waals surface area contributed by atoms with Crippen LogP contribution in [0.2, 0.25) is 0 Å². The monoisotopic (exact) mass is 233 g/mol. The van der Waals surface area contributed by atoms with Crippen LogP contribution in [0.15, 0.2) is 24.4 Å². The molecule has 1 aromatic heterocycles. The molecule has 0 amide bonds. The minimum Gasteiger partial charge on any atom is -0.493 e. The molecular weight excluding hydrogens is 218 g/mol. The maximum atomic E-state index is 9.68. The molecule has 0 aliphatic rings. The van der Waals surface area contributed by atoms with E-state index in [1.54, 1.807) is 27.3 Å². The van der Waals surface area contributed by atoms with Gasteiger partial charge in [0, 0.05) is 17.0 Å². The summed E-state index contributed by atoms with van der Waals surface area (Å²) in [6, 6.07) is 5.54. The standard InChI is InChI=1S/C13H15NO3/c1-8(15)12-9-4-5-11(16-2)13(17-3)10(9)6-7-14-12/h4-8,15H,1-3H3. The smallest absolute Gasteiger partial charge is 0.168 e. The molecule has 1 atom stereocenters. The summed E-state index contributed by atoms with van der Waals surface area (Å²) < 4.78 is 10.6. The maximum Gasteiger partial charge on any atom is 0.168 e. The van der Waals surface area contributed by atoms with E-state index in [9.17, 15) is 5.11 Å². The molecule has 0 saturated carbocycles. The lowest BCUT2D eigenvalue weighted by Gasteiger charge is -2.13. The second kappa shape index (κ2) is 4.59. The highest BCUT2D eigenvalue weighted by atomic mass is 16.5. The van der Waals surface area contributed by atoms with Crippen LogP contribution in [0.1, 0.15) is 18.7 Å². The van der Waals surface area contributed by atoms with E-state index >= 15 is 0 Å². The van der Waals surface area contributed by atoms with Crippen molar-refractivity contribution in [1.29, 1.82) is 0 Å². The second-order valence-corrected chi connectivity index (χ2v) is 3.77. The first-order valence-corrected chi connectivity index (χ1v) is 5.36. The predicted molar refractivity (Wildman–Crippen MR) is 65.5 cm³/mol. The summed E-state index contributed by atoms with van der Waals surface area (Å²) in [4.78, 5) is 4.19. The fourth-order valence-electron chi connectivity index (χ4n) is 1.93. The van der Waals surface area contributed by atoms with Crippen molar-refractivity contribution in [3.8, 4) is 11.5 Å². The van der Waals surface area contributed by atoms with Crippen LogP contribution in [0.25, 0.3) is 10.8 Å². The number of fused-ring (bicyclic) bond motifs is 1. The number of nitrogens with zero attached hydrogens (tertiary/aromatic N) is 1. The van der Waals surface area contributed by atoms with Gasteiger partial charge in [0.2, 0.25) is 0 Å². The molecule has 1 heterocycles. The van der Waals surface area contributed by atoms with Crippen LogP contribution >= 0.6 is 0 Å². The van der Waals surface area contributed by atoms with Gasteiger partial charge >= 0.3 is 0 Å². The number of methoxy groups -OCH3 is 2. The normalized spacial score (nSPS) is 12.5. The lowest BCUT2D eigenvalue weighted by atomic mass is 10.1. The SMILES string of the molecule is COc1ccc2c(C(C)O)nccc2c1OC. The van der Waals surface area contributed by atoms with Crippen LogP contribution in [0.4, 0.5) is 0 Å². The highest BCUT2D eigenvalue weighted by molar-refractivity contribution is 5.92. The van der Waals surface area contributed by atoms with Gasteiger partial charge < -0.3 is 14.6 Å². The molecule has 0 fully saturated rings. The zero-order valence-corrected chi connectivity index (χ0v) is 10.1. The van der Waals surface area contributed by atoms with Crippen molar-refractivity contribution < 1.29 is 14.6 Å². The van der Waals surface area contributed by atoms with Crippen molar-refractivity contribution in [2.45, 2.75) is 13.0 Å². The Hall–Kier alpha value is -1.81. The molecule has 1 aromatic carbocycles. The number of aliphatic hydroxyl groups is 1. The molecule has 90 valence electrons. The predicted octanol–water partition coefficient (Wildman–Crippen LogP) is 2.31. The van der Waals surface area contributed by atoms with Crippen LogP contribution in [-0.4, -0.2) is 24.3 Å². The van der Waals surface area contributed by atoms with E-state index in [-0.39, 0.29) is 0 Å². The Bertz CT molecular complexity index is 537. The Morgan fingerprint density at radius 3 is 2.47 bits per heavy atom. The van der Waals surface area contributed by atoms with Gasteiger partial charge in [-0.05, 0) is 25.1 Å². The van der Waals surface area contributed by atoms with Crippen LogP contribution in [-0.2, 0) is 0 Å². The molecule has 1 N–H and O–H groups in total. The summed E-state index contributed by atoms with van der Waals surface area (Å²) in [5.41, 5.74) is 0.642. The second-order valence-electron chi connectivity index (χ2n) is 3.77. The Balaban J connectivity index is 2.78. The summed E-state index contributed by atoms with van der Waals surface area (Å²) in [6.45, 7) is 1.69. The van der Waals surface area contributed by atoms with Gasteiger partial charge in [-0.3, -0.25) is 4.98 Å². The fourth-order valence-corrected chi connectivity index (χ4v) is 1.93. The molecule has 0 saturated heterocycles. The number of hydrogen-bond acceptors (Lipinski definition) is 4. The van der Waals surface area contributed by atoms with E-state index in [4.69, 9.17) is 9.47 Å². The van der Waals surface area contributed by atoms with Gasteiger partial charge in [-0.2, -0.15) is 0 Å². The highest BCUT2D eigenvalue weighted by Crippen LogP contribution is 2.36. The maximum absolute atomic E-state index is 9.68. The van der Waals surface area contributed by atoms with Crippen LogP contribution in [0.3, 0.4) is 0 Å². The number of ether oxygens (including phenoxy) is 2. The first-order chi connectivity index (χ1) is 8.19. The van der Waals surface area contributed by atoms with Crippen molar-refractivity contribution in [2.75, 3.05) is 14.2 Å². The topological polar surface area (TPSA) is 51.6 Å². The third-order valence-electron chi connectivity index (χ3n) is 2.71. The molecule has 2 aromatic rings. The number of rotatable bonds is 3. The van der Waals surface area contributed by atoms with E-state index < -0.39 is 6.10 Å². The Morgan fingerprint density at radius 2 is 1.88 bits per heavy atom. The molecule has 1 unspecified atom stereocenters. The average Bonchev–Trinajstić information content (AvgIpc) is 2.36. The summed E-state index contributed by atoms with van der Waals surface area (Å²) in [6.07, 6.45) is 1.05. The molecule has 4 nitrogen and oxygen atoms in total. The molecule has 4 heteroatoms. The molecule has 0 spiro atoms. The highest BCUT2D eigenvalue weighted by Gasteiger charge is 2.13. The molecule has 0 aliphatic carbocycles. The van der Waals surface area contributed by atoms with Gasteiger partial charge in [0.1, 0.15) is 0 Å². The van der Waals surface area contributed by atoms with E-state index in [0.717, 1.165) is 10.8 Å². The van der Waals surface area contributed by atoms with Gasteiger partial charge in [0.25, 0.3) is 0 Å². The molecular formula is C13H15NO3. The number of hydrogen-bond donors (Lipinski definition) is 1. The summed E-state index contributed by atoms with van der Waals surface area (Å²) in [5.74, 6) is 1.33. The van der Waals surface area contributed by atoms with Gasteiger partial charge in [-0.25, -0.2) is 0 Å².